The van der Waals surface area contributed by atoms with Crippen molar-refractivity contribution in [3.05, 3.63) is 11.1 Å². The number of urea groups is 1. The number of nitrogens with zero attached hydrogens (tertiary/aromatic N) is 3. The van der Waals surface area contributed by atoms with Crippen molar-refractivity contribution in [1.82, 2.24) is 25.8 Å². The van der Waals surface area contributed by atoms with Crippen LogP contribution >= 0.6 is 11.3 Å². The highest BCUT2D eigenvalue weighted by atomic mass is 32.3. The van der Waals surface area contributed by atoms with Gasteiger partial charge in [0.05, 0.1) is 6.04 Å². The van der Waals surface area contributed by atoms with Crippen molar-refractivity contribution in [3.63, 3.8) is 0 Å². The van der Waals surface area contributed by atoms with E-state index in [1.165, 1.54) is 5.38 Å². The summed E-state index contributed by atoms with van der Waals surface area (Å²) in [6, 6.07) is -2.42. The average Bonchev–Trinajstić information content (AvgIpc) is 3.09. The van der Waals surface area contributed by atoms with Crippen molar-refractivity contribution in [1.29, 1.82) is 0 Å². The van der Waals surface area contributed by atoms with Gasteiger partial charge in [-0.25, -0.2) is 9.78 Å². The summed E-state index contributed by atoms with van der Waals surface area (Å²) in [5.74, 6) is -1.34. The number of hydroxylamine groups is 2. The predicted molar refractivity (Wildman–Crippen MR) is 85.5 cm³/mol. The molecule has 15 heteroatoms. The second kappa shape index (κ2) is 6.67. The van der Waals surface area contributed by atoms with E-state index < -0.39 is 40.3 Å². The van der Waals surface area contributed by atoms with E-state index in [-0.39, 0.29) is 30.2 Å². The molecule has 0 aliphatic carbocycles. The Labute approximate surface area is 151 Å². The fourth-order valence-corrected chi connectivity index (χ4v) is 3.69. The Kier molecular flexibility index (Phi) is 4.70. The Morgan fingerprint density at radius 2 is 2.12 bits per heavy atom. The molecule has 2 bridgehead atoms. The zero-order valence-corrected chi connectivity index (χ0v) is 14.6. The number of amides is 4. The Bertz CT molecular complexity index is 855. The SMILES string of the molecule is Nc1nc(C(=O)NNC(=O)C2CC[C@@H]3CN2C(=O)N3OS(=O)(=O)O)cs1. The standard InChI is InChI=1S/C11H14N6O7S2/c12-10-13-6(4-25-10)8(18)14-15-9(19)7-2-1-5-3-16(7)11(20)17(5)24-26(21,22)23/h4-5,7H,1-3H2,(H2,12,13)(H,14,18)(H,15,19)(H,21,22,23)/t5-,7?/m1/s1. The first-order valence-corrected chi connectivity index (χ1v) is 9.48. The van der Waals surface area contributed by atoms with Gasteiger partial charge in [0.2, 0.25) is 0 Å². The molecule has 1 aromatic heterocycles. The molecule has 3 heterocycles. The van der Waals surface area contributed by atoms with Gasteiger partial charge in [-0.1, -0.05) is 0 Å². The van der Waals surface area contributed by atoms with Crippen LogP contribution in [0.15, 0.2) is 5.38 Å². The Morgan fingerprint density at radius 1 is 1.38 bits per heavy atom. The van der Waals surface area contributed by atoms with E-state index in [1.807, 2.05) is 0 Å². The molecule has 2 saturated heterocycles. The highest BCUT2D eigenvalue weighted by Crippen LogP contribution is 2.30. The van der Waals surface area contributed by atoms with Crippen LogP contribution in [0.3, 0.4) is 0 Å². The molecule has 1 unspecified atom stereocenters. The number of hydrogen-bond acceptors (Lipinski definition) is 9. The third-order valence-corrected chi connectivity index (χ3v) is 4.88. The molecule has 0 radical (unpaired) electrons. The highest BCUT2D eigenvalue weighted by molar-refractivity contribution is 7.80. The molecule has 2 aliphatic heterocycles. The van der Waals surface area contributed by atoms with Gasteiger partial charge in [-0.2, -0.15) is 13.5 Å². The van der Waals surface area contributed by atoms with Gasteiger partial charge in [-0.15, -0.1) is 15.6 Å². The van der Waals surface area contributed by atoms with Crippen molar-refractivity contribution in [2.24, 2.45) is 0 Å². The third kappa shape index (κ3) is 3.69. The lowest BCUT2D eigenvalue weighted by atomic mass is 10.0. The molecular weight excluding hydrogens is 392 g/mol. The Balaban J connectivity index is 1.61. The van der Waals surface area contributed by atoms with Gasteiger partial charge >= 0.3 is 16.4 Å². The summed E-state index contributed by atoms with van der Waals surface area (Å²) in [6.07, 6.45) is 0.486. The third-order valence-electron chi connectivity index (χ3n) is 3.85. The second-order valence-electron chi connectivity index (χ2n) is 5.52. The number of anilines is 1. The Hall–Kier alpha value is -2.49. The summed E-state index contributed by atoms with van der Waals surface area (Å²) >= 11 is 1.06. The minimum Gasteiger partial charge on any atom is -0.375 e. The van der Waals surface area contributed by atoms with E-state index in [2.05, 4.69) is 20.1 Å². The minimum atomic E-state index is -4.86. The normalized spacial score (nSPS) is 22.4. The fraction of sp³-hybridized carbons (Fsp3) is 0.455. The van der Waals surface area contributed by atoms with Crippen LogP contribution in [0.4, 0.5) is 9.93 Å². The molecule has 4 amide bonds. The lowest BCUT2D eigenvalue weighted by Gasteiger charge is -2.29. The number of aromatic nitrogens is 1. The van der Waals surface area contributed by atoms with Gasteiger partial charge in [-0.3, -0.25) is 25.0 Å². The van der Waals surface area contributed by atoms with Gasteiger partial charge in [0, 0.05) is 11.9 Å². The predicted octanol–water partition coefficient (Wildman–Crippen LogP) is -1.51. The number of nitrogens with two attached hydrogens (primary N) is 1. The van der Waals surface area contributed by atoms with Crippen LogP contribution in [-0.4, -0.2) is 64.4 Å². The van der Waals surface area contributed by atoms with E-state index in [9.17, 15) is 22.8 Å². The zero-order chi connectivity index (χ0) is 19.1. The number of hydrogen-bond donors (Lipinski definition) is 4. The first-order chi connectivity index (χ1) is 12.2. The summed E-state index contributed by atoms with van der Waals surface area (Å²) in [4.78, 5) is 41.2. The molecule has 2 atom stereocenters. The van der Waals surface area contributed by atoms with Gasteiger partial charge in [0.15, 0.2) is 5.13 Å². The van der Waals surface area contributed by atoms with Crippen LogP contribution in [-0.2, 0) is 19.5 Å². The molecule has 1 aromatic rings. The van der Waals surface area contributed by atoms with Crippen LogP contribution in [0.5, 0.6) is 0 Å². The molecule has 2 fully saturated rings. The van der Waals surface area contributed by atoms with Crippen LogP contribution in [0.2, 0.25) is 0 Å². The number of thiazole rings is 1. The summed E-state index contributed by atoms with van der Waals surface area (Å²) in [5.41, 5.74) is 9.80. The van der Waals surface area contributed by atoms with E-state index in [0.29, 0.717) is 5.06 Å². The summed E-state index contributed by atoms with van der Waals surface area (Å²) in [5, 5.41) is 2.14. The number of nitrogens with one attached hydrogen (secondary N) is 2. The number of piperidine rings is 1. The molecule has 26 heavy (non-hydrogen) atoms. The van der Waals surface area contributed by atoms with Crippen LogP contribution in [0.1, 0.15) is 23.3 Å². The van der Waals surface area contributed by atoms with Crippen molar-refractivity contribution >= 4 is 44.7 Å². The maximum absolute atomic E-state index is 12.3. The molecule has 0 aromatic carbocycles. The fourth-order valence-electron chi connectivity index (χ4n) is 2.76. The van der Waals surface area contributed by atoms with Crippen LogP contribution < -0.4 is 16.6 Å². The average molecular weight is 406 g/mol. The Morgan fingerprint density at radius 3 is 2.73 bits per heavy atom. The van der Waals surface area contributed by atoms with Gasteiger partial charge in [0.1, 0.15) is 11.7 Å². The molecular formula is C11H14N6O7S2. The summed E-state index contributed by atoms with van der Waals surface area (Å²) in [7, 11) is -4.86. The van der Waals surface area contributed by atoms with Gasteiger partial charge in [0.25, 0.3) is 11.8 Å². The quantitative estimate of drug-likeness (QED) is 0.341. The molecule has 5 N–H and O–H groups in total. The van der Waals surface area contributed by atoms with Crippen LogP contribution in [0, 0.1) is 0 Å². The first kappa shape index (κ1) is 18.3. The highest BCUT2D eigenvalue weighted by Gasteiger charge is 2.49. The number of fused-ring (bicyclic) bond motifs is 2. The van der Waals surface area contributed by atoms with E-state index in [1.54, 1.807) is 0 Å². The number of carbonyl (C=O) groups excluding carboxylic acids is 3. The number of carbonyl (C=O) groups is 3. The number of rotatable bonds is 4. The van der Waals surface area contributed by atoms with Crippen molar-refractivity contribution in [2.45, 2.75) is 24.9 Å². The van der Waals surface area contributed by atoms with E-state index >= 15 is 0 Å². The summed E-state index contributed by atoms with van der Waals surface area (Å²) < 4.78 is 34.7. The van der Waals surface area contributed by atoms with Gasteiger partial charge in [-0.05, 0) is 12.8 Å². The molecule has 0 spiro atoms. The lowest BCUT2D eigenvalue weighted by Crippen LogP contribution is -2.54. The van der Waals surface area contributed by atoms with Crippen molar-refractivity contribution in [2.75, 3.05) is 12.3 Å². The largest absolute Gasteiger partial charge is 0.418 e. The van der Waals surface area contributed by atoms with Gasteiger partial charge < -0.3 is 10.6 Å². The topological polar surface area (TPSA) is 184 Å². The number of hydrazine groups is 1. The lowest BCUT2D eigenvalue weighted by molar-refractivity contribution is -0.126. The smallest absolute Gasteiger partial charge is 0.375 e. The maximum Gasteiger partial charge on any atom is 0.418 e. The second-order valence-corrected chi connectivity index (χ2v) is 7.42. The van der Waals surface area contributed by atoms with Crippen LogP contribution in [0.25, 0.3) is 0 Å². The minimum absolute atomic E-state index is 0.0292. The molecule has 0 saturated carbocycles. The monoisotopic (exact) mass is 406 g/mol. The molecule has 142 valence electrons. The van der Waals surface area contributed by atoms with E-state index in [0.717, 1.165) is 16.2 Å². The van der Waals surface area contributed by atoms with E-state index in [4.69, 9.17) is 10.3 Å². The maximum atomic E-state index is 12.3. The molecule has 3 rings (SSSR count). The number of nitrogen functional groups attached to an aromatic ring is 1. The van der Waals surface area contributed by atoms with Crippen molar-refractivity contribution in [3.8, 4) is 0 Å². The molecule has 2 aliphatic rings. The molecule has 13 nitrogen and oxygen atoms in total. The first-order valence-electron chi connectivity index (χ1n) is 7.24. The van der Waals surface area contributed by atoms with Crippen molar-refractivity contribution < 1.29 is 31.6 Å². The zero-order valence-electron chi connectivity index (χ0n) is 13.0. The summed E-state index contributed by atoms with van der Waals surface area (Å²) in [6.45, 7) is 0.0446.